The van der Waals surface area contributed by atoms with Gasteiger partial charge in [-0.2, -0.15) is 8.78 Å². The van der Waals surface area contributed by atoms with Crippen LogP contribution in [-0.2, 0) is 24.3 Å². The van der Waals surface area contributed by atoms with Gasteiger partial charge in [-0.1, -0.05) is 32.5 Å². The lowest BCUT2D eigenvalue weighted by Crippen LogP contribution is -2.14. The lowest BCUT2D eigenvalue weighted by atomic mass is 9.93. The lowest BCUT2D eigenvalue weighted by molar-refractivity contribution is 0.251. The summed E-state index contributed by atoms with van der Waals surface area (Å²) in [4.78, 5) is 4.61. The molecular formula is C15H20F2N2OS2. The van der Waals surface area contributed by atoms with Gasteiger partial charge in [0.05, 0.1) is 18.0 Å². The molecule has 0 spiro atoms. The second-order valence-corrected chi connectivity index (χ2v) is 7.84. The Balaban J connectivity index is 1.78. The number of rotatable bonds is 7. The van der Waals surface area contributed by atoms with Gasteiger partial charge in [0, 0.05) is 17.3 Å². The van der Waals surface area contributed by atoms with Crippen molar-refractivity contribution >= 4 is 23.1 Å². The molecule has 0 atom stereocenters. The molecule has 0 aromatic carbocycles. The van der Waals surface area contributed by atoms with Crippen molar-refractivity contribution in [3.05, 3.63) is 39.7 Å². The molecule has 0 radical (unpaired) electrons. The third-order valence-electron chi connectivity index (χ3n) is 2.96. The van der Waals surface area contributed by atoms with E-state index >= 15 is 0 Å². The van der Waals surface area contributed by atoms with Gasteiger partial charge in [0.1, 0.15) is 16.5 Å². The minimum Gasteiger partial charge on any atom is -0.464 e. The molecule has 1 N–H and O–H groups in total. The molecule has 0 amide bonds. The topological polar surface area (TPSA) is 38.1 Å². The van der Waals surface area contributed by atoms with Crippen molar-refractivity contribution in [3.63, 3.8) is 0 Å². The highest BCUT2D eigenvalue weighted by molar-refractivity contribution is 7.98. The Labute approximate surface area is 137 Å². The van der Waals surface area contributed by atoms with Crippen LogP contribution in [0.4, 0.5) is 8.78 Å². The minimum absolute atomic E-state index is 0.0625. The number of hydrogen-bond donors (Lipinski definition) is 1. The van der Waals surface area contributed by atoms with E-state index in [1.165, 1.54) is 0 Å². The summed E-state index contributed by atoms with van der Waals surface area (Å²) in [6.07, 6.45) is 0. The van der Waals surface area contributed by atoms with Crippen LogP contribution in [0.3, 0.4) is 0 Å². The van der Waals surface area contributed by atoms with Crippen LogP contribution in [0.5, 0.6) is 0 Å². The summed E-state index contributed by atoms with van der Waals surface area (Å²) < 4.78 is 29.7. The van der Waals surface area contributed by atoms with Crippen molar-refractivity contribution in [3.8, 4) is 0 Å². The number of nitrogens with one attached hydrogen (secondary N) is 1. The van der Waals surface area contributed by atoms with E-state index in [0.29, 0.717) is 30.6 Å². The maximum atomic E-state index is 12.1. The summed E-state index contributed by atoms with van der Waals surface area (Å²) >= 11 is 2.20. The van der Waals surface area contributed by atoms with Crippen molar-refractivity contribution in [1.82, 2.24) is 10.3 Å². The summed E-state index contributed by atoms with van der Waals surface area (Å²) in [7, 11) is 0. The number of nitrogens with zero attached hydrogens (tertiary/aromatic N) is 1. The molecule has 3 nitrogen and oxygen atoms in total. The minimum atomic E-state index is -2.37. The molecule has 0 aliphatic heterocycles. The second kappa shape index (κ2) is 7.57. The van der Waals surface area contributed by atoms with Crippen LogP contribution < -0.4 is 5.32 Å². The zero-order valence-corrected chi connectivity index (χ0v) is 14.5. The second-order valence-electron chi connectivity index (χ2n) is 5.92. The van der Waals surface area contributed by atoms with E-state index in [1.807, 2.05) is 6.07 Å². The number of alkyl halides is 2. The quantitative estimate of drug-likeness (QED) is 0.783. The van der Waals surface area contributed by atoms with Gasteiger partial charge in [0.25, 0.3) is 5.76 Å². The zero-order chi connectivity index (χ0) is 16.2. The van der Waals surface area contributed by atoms with E-state index < -0.39 is 5.76 Å². The predicted octanol–water partition coefficient (Wildman–Crippen LogP) is 4.78. The third-order valence-corrected chi connectivity index (χ3v) is 4.52. The van der Waals surface area contributed by atoms with E-state index in [4.69, 9.17) is 4.42 Å². The van der Waals surface area contributed by atoms with Gasteiger partial charge in [-0.15, -0.1) is 11.3 Å². The Kier molecular flexibility index (Phi) is 6.00. The summed E-state index contributed by atoms with van der Waals surface area (Å²) in [5.41, 5.74) is 1.16. The Bertz CT molecular complexity index is 590. The fraction of sp³-hybridized carbons (Fsp3) is 0.533. The van der Waals surface area contributed by atoms with Crippen LogP contribution in [0.2, 0.25) is 0 Å². The first-order valence-electron chi connectivity index (χ1n) is 6.97. The third kappa shape index (κ3) is 5.37. The molecule has 0 unspecified atom stereocenters. The van der Waals surface area contributed by atoms with Gasteiger partial charge in [0.15, 0.2) is 0 Å². The van der Waals surface area contributed by atoms with Crippen LogP contribution in [0.25, 0.3) is 0 Å². The van der Waals surface area contributed by atoms with Gasteiger partial charge >= 0.3 is 0 Å². The maximum absolute atomic E-state index is 12.1. The number of aromatic nitrogens is 1. The Morgan fingerprint density at radius 1 is 1.27 bits per heavy atom. The van der Waals surface area contributed by atoms with Crippen molar-refractivity contribution in [2.24, 2.45) is 0 Å². The molecule has 0 saturated heterocycles. The molecule has 2 aromatic rings. The standard InChI is InChI=1S/C15H20F2N2OS2/c1-15(2,3)12-9-21-13(19-12)7-18-6-10-4-5-11(20-10)8-22-14(16)17/h4-5,9,14,18H,6-8H2,1-3H3. The molecular weight excluding hydrogens is 326 g/mol. The van der Waals surface area contributed by atoms with Crippen LogP contribution in [0.15, 0.2) is 21.9 Å². The zero-order valence-electron chi connectivity index (χ0n) is 12.9. The van der Waals surface area contributed by atoms with Crippen LogP contribution in [-0.4, -0.2) is 10.7 Å². The molecule has 2 heterocycles. The normalized spacial score (nSPS) is 12.3. The van der Waals surface area contributed by atoms with Crippen molar-refractivity contribution in [1.29, 1.82) is 0 Å². The molecule has 22 heavy (non-hydrogen) atoms. The van der Waals surface area contributed by atoms with E-state index in [9.17, 15) is 8.78 Å². The predicted molar refractivity (Wildman–Crippen MR) is 87.4 cm³/mol. The Hall–Kier alpha value is -0.920. The summed E-state index contributed by atoms with van der Waals surface area (Å²) in [5.74, 6) is -0.851. The molecule has 0 bridgehead atoms. The smallest absolute Gasteiger partial charge is 0.284 e. The summed E-state index contributed by atoms with van der Waals surface area (Å²) in [5, 5.41) is 6.38. The van der Waals surface area contributed by atoms with Crippen LogP contribution in [0, 0.1) is 0 Å². The molecule has 122 valence electrons. The van der Waals surface area contributed by atoms with E-state index in [2.05, 4.69) is 36.5 Å². The molecule has 2 aromatic heterocycles. The maximum Gasteiger partial charge on any atom is 0.284 e. The van der Waals surface area contributed by atoms with E-state index in [0.717, 1.165) is 16.5 Å². The average Bonchev–Trinajstić information content (AvgIpc) is 3.05. The monoisotopic (exact) mass is 346 g/mol. The molecule has 0 aliphatic rings. The number of thioether (sulfide) groups is 1. The van der Waals surface area contributed by atoms with Gasteiger partial charge < -0.3 is 9.73 Å². The van der Waals surface area contributed by atoms with Crippen molar-refractivity contribution < 1.29 is 13.2 Å². The van der Waals surface area contributed by atoms with E-state index in [1.54, 1.807) is 17.4 Å². The highest BCUT2D eigenvalue weighted by atomic mass is 32.2. The van der Waals surface area contributed by atoms with Gasteiger partial charge in [-0.05, 0) is 12.1 Å². The fourth-order valence-corrected chi connectivity index (χ4v) is 3.21. The fourth-order valence-electron chi connectivity index (χ4n) is 1.77. The first-order valence-corrected chi connectivity index (χ1v) is 8.90. The molecule has 0 saturated carbocycles. The van der Waals surface area contributed by atoms with Crippen molar-refractivity contribution in [2.45, 2.75) is 50.8 Å². The van der Waals surface area contributed by atoms with Crippen LogP contribution in [0.1, 0.15) is 43.0 Å². The van der Waals surface area contributed by atoms with E-state index in [-0.39, 0.29) is 11.2 Å². The number of furan rings is 1. The molecule has 0 aliphatic carbocycles. The molecule has 0 fully saturated rings. The number of halogens is 2. The Morgan fingerprint density at radius 2 is 2.00 bits per heavy atom. The van der Waals surface area contributed by atoms with Gasteiger partial charge in [-0.25, -0.2) is 4.98 Å². The first kappa shape index (κ1) is 17.4. The largest absolute Gasteiger partial charge is 0.464 e. The van der Waals surface area contributed by atoms with Crippen molar-refractivity contribution in [2.75, 3.05) is 0 Å². The molecule has 2 rings (SSSR count). The highest BCUT2D eigenvalue weighted by Crippen LogP contribution is 2.24. The SMILES string of the molecule is CC(C)(C)c1csc(CNCc2ccc(CSC(F)F)o2)n1. The summed E-state index contributed by atoms with van der Waals surface area (Å²) in [6.45, 7) is 7.65. The van der Waals surface area contributed by atoms with Crippen LogP contribution >= 0.6 is 23.1 Å². The highest BCUT2D eigenvalue weighted by Gasteiger charge is 2.17. The summed E-state index contributed by atoms with van der Waals surface area (Å²) in [6, 6.07) is 3.56. The Morgan fingerprint density at radius 3 is 2.64 bits per heavy atom. The lowest BCUT2D eigenvalue weighted by Gasteiger charge is -2.14. The first-order chi connectivity index (χ1) is 10.3. The number of hydrogen-bond acceptors (Lipinski definition) is 5. The van der Waals surface area contributed by atoms with Gasteiger partial charge in [-0.3, -0.25) is 0 Å². The molecule has 7 heteroatoms. The average molecular weight is 346 g/mol. The van der Waals surface area contributed by atoms with Gasteiger partial charge in [0.2, 0.25) is 0 Å². The number of thiazole rings is 1.